The van der Waals surface area contributed by atoms with E-state index in [-0.39, 0.29) is 24.8 Å². The molecule has 1 amide bonds. The van der Waals surface area contributed by atoms with Gasteiger partial charge < -0.3 is 24.3 Å². The van der Waals surface area contributed by atoms with Gasteiger partial charge in [-0.2, -0.15) is 0 Å². The van der Waals surface area contributed by atoms with Crippen molar-refractivity contribution in [2.45, 2.75) is 19.6 Å². The molecule has 0 unspecified atom stereocenters. The summed E-state index contributed by atoms with van der Waals surface area (Å²) >= 11 is 0. The average Bonchev–Trinajstić information content (AvgIpc) is 3.18. The topological polar surface area (TPSA) is 126 Å². The number of nitro groups is 1. The van der Waals surface area contributed by atoms with Gasteiger partial charge in [0.2, 0.25) is 6.79 Å². The molecule has 3 rings (SSSR count). The molecule has 1 aliphatic heterocycles. The van der Waals surface area contributed by atoms with Gasteiger partial charge in [0.25, 0.3) is 5.91 Å². The van der Waals surface area contributed by atoms with Gasteiger partial charge in [0.1, 0.15) is 0 Å². The number of esters is 1. The number of carbonyl (C=O) groups excluding carboxylic acids is 2. The molecule has 0 spiro atoms. The van der Waals surface area contributed by atoms with Crippen LogP contribution in [0, 0.1) is 10.1 Å². The number of ether oxygens (including phenoxy) is 4. The Labute approximate surface area is 165 Å². The number of hydrogen-bond acceptors (Lipinski definition) is 8. The third-order valence-corrected chi connectivity index (χ3v) is 3.99. The number of nitrogens with one attached hydrogen (secondary N) is 1. The molecule has 0 radical (unpaired) electrons. The van der Waals surface area contributed by atoms with E-state index in [9.17, 15) is 19.7 Å². The van der Waals surface area contributed by atoms with Gasteiger partial charge >= 0.3 is 11.7 Å². The number of amides is 1. The second kappa shape index (κ2) is 8.91. The van der Waals surface area contributed by atoms with Crippen molar-refractivity contribution in [1.82, 2.24) is 5.32 Å². The highest BCUT2D eigenvalue weighted by molar-refractivity contribution is 5.83. The van der Waals surface area contributed by atoms with Crippen molar-refractivity contribution in [3.8, 4) is 17.2 Å². The second-order valence-corrected chi connectivity index (χ2v) is 6.05. The van der Waals surface area contributed by atoms with Crippen molar-refractivity contribution in [2.24, 2.45) is 0 Å². The van der Waals surface area contributed by atoms with Crippen molar-refractivity contribution < 1.29 is 33.5 Å². The third kappa shape index (κ3) is 5.12. The quantitative estimate of drug-likeness (QED) is 0.403. The van der Waals surface area contributed by atoms with Crippen LogP contribution in [0.1, 0.15) is 12.5 Å². The van der Waals surface area contributed by atoms with Crippen molar-refractivity contribution in [3.05, 3.63) is 58.1 Å². The molecule has 10 nitrogen and oxygen atoms in total. The maximum atomic E-state index is 12.1. The Kier molecular flexibility index (Phi) is 6.12. The Hall–Kier alpha value is -3.82. The minimum Gasteiger partial charge on any atom is -0.475 e. The molecule has 1 aliphatic rings. The van der Waals surface area contributed by atoms with Crippen molar-refractivity contribution in [1.29, 1.82) is 0 Å². The Balaban J connectivity index is 1.45. The standard InChI is InChI=1S/C19H18N2O8/c1-12(19(23)20-9-13-6-7-16-17(8-13)28-11-27-16)29-18(22)10-26-15-5-3-2-4-14(15)21(24)25/h2-8,12H,9-11H2,1H3,(H,20,23)/t12-/m1/s1. The van der Waals surface area contributed by atoms with Crippen LogP contribution in [0.2, 0.25) is 0 Å². The molecule has 0 aliphatic carbocycles. The molecule has 1 atom stereocenters. The van der Waals surface area contributed by atoms with Crippen LogP contribution in [0.3, 0.4) is 0 Å². The van der Waals surface area contributed by atoms with E-state index in [1.165, 1.54) is 25.1 Å². The fraction of sp³-hybridized carbons (Fsp3) is 0.263. The van der Waals surface area contributed by atoms with Crippen LogP contribution in [0.15, 0.2) is 42.5 Å². The van der Waals surface area contributed by atoms with Gasteiger partial charge in [-0.05, 0) is 30.7 Å². The molecule has 0 aromatic heterocycles. The summed E-state index contributed by atoms with van der Waals surface area (Å²) < 4.78 is 20.6. The second-order valence-electron chi connectivity index (χ2n) is 6.05. The number of hydrogen-bond donors (Lipinski definition) is 1. The van der Waals surface area contributed by atoms with Gasteiger partial charge in [-0.1, -0.05) is 18.2 Å². The molecule has 2 aromatic rings. The molecule has 152 valence electrons. The maximum absolute atomic E-state index is 12.1. The average molecular weight is 402 g/mol. The highest BCUT2D eigenvalue weighted by Gasteiger charge is 2.20. The van der Waals surface area contributed by atoms with E-state index in [1.54, 1.807) is 24.3 Å². The zero-order chi connectivity index (χ0) is 20.8. The van der Waals surface area contributed by atoms with Gasteiger partial charge in [-0.3, -0.25) is 14.9 Å². The molecule has 0 saturated heterocycles. The molecule has 29 heavy (non-hydrogen) atoms. The smallest absolute Gasteiger partial charge is 0.344 e. The Morgan fingerprint density at radius 1 is 1.21 bits per heavy atom. The van der Waals surface area contributed by atoms with Crippen LogP contribution in [0.5, 0.6) is 17.2 Å². The zero-order valence-electron chi connectivity index (χ0n) is 15.5. The Morgan fingerprint density at radius 3 is 2.76 bits per heavy atom. The summed E-state index contributed by atoms with van der Waals surface area (Å²) in [5.41, 5.74) is 0.524. The summed E-state index contributed by atoms with van der Waals surface area (Å²) in [6.45, 7) is 1.22. The lowest BCUT2D eigenvalue weighted by Gasteiger charge is -2.14. The molecule has 0 bridgehead atoms. The summed E-state index contributed by atoms with van der Waals surface area (Å²) in [4.78, 5) is 34.3. The predicted octanol–water partition coefficient (Wildman–Crippen LogP) is 1.95. The summed E-state index contributed by atoms with van der Waals surface area (Å²) in [6, 6.07) is 10.9. The first-order valence-electron chi connectivity index (χ1n) is 8.66. The maximum Gasteiger partial charge on any atom is 0.344 e. The van der Waals surface area contributed by atoms with Crippen LogP contribution in [-0.4, -0.2) is 36.3 Å². The van der Waals surface area contributed by atoms with Gasteiger partial charge in [0, 0.05) is 12.6 Å². The molecule has 1 heterocycles. The van der Waals surface area contributed by atoms with E-state index in [4.69, 9.17) is 18.9 Å². The molecule has 0 saturated carbocycles. The van der Waals surface area contributed by atoms with Crippen LogP contribution in [-0.2, 0) is 20.9 Å². The summed E-state index contributed by atoms with van der Waals surface area (Å²) in [6.07, 6.45) is -1.06. The third-order valence-electron chi connectivity index (χ3n) is 3.99. The van der Waals surface area contributed by atoms with E-state index in [2.05, 4.69) is 5.32 Å². The SMILES string of the molecule is C[C@@H](OC(=O)COc1ccccc1[N+](=O)[O-])C(=O)NCc1ccc2c(c1)OCO2. The number of fused-ring (bicyclic) bond motifs is 1. The Morgan fingerprint density at radius 2 is 1.97 bits per heavy atom. The first-order chi connectivity index (χ1) is 13.9. The normalized spacial score (nSPS) is 12.7. The summed E-state index contributed by atoms with van der Waals surface area (Å²) in [5.74, 6) is -0.144. The largest absolute Gasteiger partial charge is 0.475 e. The predicted molar refractivity (Wildman–Crippen MR) is 98.6 cm³/mol. The van der Waals surface area contributed by atoms with Crippen LogP contribution in [0.4, 0.5) is 5.69 Å². The summed E-state index contributed by atoms with van der Waals surface area (Å²) in [7, 11) is 0. The van der Waals surface area contributed by atoms with Crippen LogP contribution in [0.25, 0.3) is 0 Å². The van der Waals surface area contributed by atoms with Crippen molar-refractivity contribution in [2.75, 3.05) is 13.4 Å². The Bertz CT molecular complexity index is 930. The number of rotatable bonds is 8. The van der Waals surface area contributed by atoms with Crippen molar-refractivity contribution >= 4 is 17.6 Å². The number of nitrogens with zero attached hydrogens (tertiary/aromatic N) is 1. The van der Waals surface area contributed by atoms with E-state index in [0.717, 1.165) is 5.56 Å². The molecular weight excluding hydrogens is 384 g/mol. The van der Waals surface area contributed by atoms with Crippen LogP contribution < -0.4 is 19.5 Å². The molecule has 10 heteroatoms. The lowest BCUT2D eigenvalue weighted by atomic mass is 10.2. The zero-order valence-corrected chi connectivity index (χ0v) is 15.5. The monoisotopic (exact) mass is 402 g/mol. The molecule has 1 N–H and O–H groups in total. The van der Waals surface area contributed by atoms with Gasteiger partial charge in [-0.15, -0.1) is 0 Å². The van der Waals surface area contributed by atoms with Crippen LogP contribution >= 0.6 is 0 Å². The highest BCUT2D eigenvalue weighted by Crippen LogP contribution is 2.32. The molecular formula is C19H18N2O8. The van der Waals surface area contributed by atoms with Gasteiger partial charge in [0.05, 0.1) is 4.92 Å². The lowest BCUT2D eigenvalue weighted by molar-refractivity contribution is -0.385. The lowest BCUT2D eigenvalue weighted by Crippen LogP contribution is -2.36. The van der Waals surface area contributed by atoms with E-state index in [0.29, 0.717) is 11.5 Å². The molecule has 2 aromatic carbocycles. The minimum absolute atomic E-state index is 0.0608. The van der Waals surface area contributed by atoms with Crippen molar-refractivity contribution in [3.63, 3.8) is 0 Å². The minimum atomic E-state index is -1.06. The number of benzene rings is 2. The van der Waals surface area contributed by atoms with E-state index in [1.807, 2.05) is 0 Å². The first kappa shape index (κ1) is 19.9. The van der Waals surface area contributed by atoms with E-state index >= 15 is 0 Å². The number of para-hydroxylation sites is 2. The number of nitro benzene ring substituents is 1. The summed E-state index contributed by atoms with van der Waals surface area (Å²) in [5, 5.41) is 13.6. The molecule has 0 fully saturated rings. The fourth-order valence-electron chi connectivity index (χ4n) is 2.54. The highest BCUT2D eigenvalue weighted by atomic mass is 16.7. The van der Waals surface area contributed by atoms with Gasteiger partial charge in [0.15, 0.2) is 30.0 Å². The van der Waals surface area contributed by atoms with Gasteiger partial charge in [-0.25, -0.2) is 4.79 Å². The number of carbonyl (C=O) groups is 2. The fourth-order valence-corrected chi connectivity index (χ4v) is 2.54. The van der Waals surface area contributed by atoms with E-state index < -0.39 is 29.5 Å². The first-order valence-corrected chi connectivity index (χ1v) is 8.66.